The molecule has 94 valence electrons. The molecule has 0 aliphatic heterocycles. The zero-order valence-electron chi connectivity index (χ0n) is 8.97. The maximum Gasteiger partial charge on any atom is 0.263 e. The van der Waals surface area contributed by atoms with Crippen LogP contribution in [0.2, 0.25) is 5.15 Å². The summed E-state index contributed by atoms with van der Waals surface area (Å²) in [5.41, 5.74) is 0.245. The molecule has 0 unspecified atom stereocenters. The monoisotopic (exact) mass is 346 g/mol. The van der Waals surface area contributed by atoms with Gasteiger partial charge in [0.15, 0.2) is 5.15 Å². The molecule has 2 rings (SSSR count). The Morgan fingerprint density at radius 3 is 2.56 bits per heavy atom. The van der Waals surface area contributed by atoms with Gasteiger partial charge in [-0.05, 0) is 40.2 Å². The third-order valence-electron chi connectivity index (χ3n) is 2.13. The highest BCUT2D eigenvalue weighted by Gasteiger charge is 2.18. The van der Waals surface area contributed by atoms with E-state index in [0.717, 1.165) is 0 Å². The number of aromatic nitrogens is 1. The summed E-state index contributed by atoms with van der Waals surface area (Å²) in [4.78, 5) is 3.95. The van der Waals surface area contributed by atoms with Crippen molar-refractivity contribution in [3.05, 3.63) is 52.2 Å². The fourth-order valence-electron chi connectivity index (χ4n) is 1.32. The van der Waals surface area contributed by atoms with Crippen molar-refractivity contribution in [1.82, 2.24) is 4.98 Å². The Morgan fingerprint density at radius 2 is 1.89 bits per heavy atom. The molecule has 0 radical (unpaired) electrons. The Bertz CT molecular complexity index is 676. The second-order valence-electron chi connectivity index (χ2n) is 3.38. The Kier molecular flexibility index (Phi) is 3.89. The number of sulfonamides is 1. The number of benzene rings is 1. The molecule has 0 bridgehead atoms. The molecule has 1 N–H and O–H groups in total. The van der Waals surface area contributed by atoms with Crippen LogP contribution in [0.3, 0.4) is 0 Å². The van der Waals surface area contributed by atoms with Crippen molar-refractivity contribution in [2.45, 2.75) is 4.90 Å². The number of hydrogen-bond acceptors (Lipinski definition) is 3. The smallest absolute Gasteiger partial charge is 0.263 e. The minimum absolute atomic E-state index is 0.105. The van der Waals surface area contributed by atoms with Gasteiger partial charge >= 0.3 is 0 Å². The number of rotatable bonds is 3. The lowest BCUT2D eigenvalue weighted by Gasteiger charge is -2.09. The molecule has 0 aliphatic carbocycles. The first kappa shape index (κ1) is 13.3. The number of pyridine rings is 1. The van der Waals surface area contributed by atoms with Crippen molar-refractivity contribution < 1.29 is 8.42 Å². The summed E-state index contributed by atoms with van der Waals surface area (Å²) >= 11 is 9.00. The second kappa shape index (κ2) is 5.26. The number of anilines is 1. The molecule has 0 atom stereocenters. The van der Waals surface area contributed by atoms with Crippen LogP contribution in [0.1, 0.15) is 0 Å². The molecule has 0 aliphatic rings. The standard InChI is InChI=1S/C11H8BrClN2O2S/c12-8-4-1-2-6-10(8)18(16,17)15-9-5-3-7-14-11(9)13/h1-7,15H. The second-order valence-corrected chi connectivity index (χ2v) is 6.24. The van der Waals surface area contributed by atoms with Gasteiger partial charge in [0.25, 0.3) is 10.0 Å². The quantitative estimate of drug-likeness (QED) is 0.867. The van der Waals surface area contributed by atoms with Crippen LogP contribution in [-0.2, 0) is 10.0 Å². The highest BCUT2D eigenvalue weighted by molar-refractivity contribution is 9.10. The Balaban J connectivity index is 2.40. The molecular weight excluding hydrogens is 340 g/mol. The van der Waals surface area contributed by atoms with E-state index in [1.165, 1.54) is 12.3 Å². The van der Waals surface area contributed by atoms with Crippen LogP contribution in [-0.4, -0.2) is 13.4 Å². The molecule has 0 spiro atoms. The maximum absolute atomic E-state index is 12.1. The molecule has 1 heterocycles. The van der Waals surface area contributed by atoms with Crippen LogP contribution in [0.5, 0.6) is 0 Å². The summed E-state index contributed by atoms with van der Waals surface area (Å²) < 4.78 is 27.2. The zero-order chi connectivity index (χ0) is 13.2. The van der Waals surface area contributed by atoms with Crippen LogP contribution >= 0.6 is 27.5 Å². The predicted octanol–water partition coefficient (Wildman–Crippen LogP) is 3.30. The summed E-state index contributed by atoms with van der Waals surface area (Å²) in [7, 11) is -3.69. The van der Waals surface area contributed by atoms with Crippen molar-refractivity contribution in [1.29, 1.82) is 0 Å². The first-order valence-electron chi connectivity index (χ1n) is 4.88. The van der Waals surface area contributed by atoms with Gasteiger partial charge in [-0.2, -0.15) is 0 Å². The van der Waals surface area contributed by atoms with Crippen molar-refractivity contribution in [2.24, 2.45) is 0 Å². The molecule has 18 heavy (non-hydrogen) atoms. The lowest BCUT2D eigenvalue weighted by Crippen LogP contribution is -2.14. The van der Waals surface area contributed by atoms with Gasteiger partial charge in [-0.15, -0.1) is 0 Å². The minimum atomic E-state index is -3.69. The van der Waals surface area contributed by atoms with Crippen molar-refractivity contribution in [2.75, 3.05) is 4.72 Å². The average molecular weight is 348 g/mol. The molecule has 4 nitrogen and oxygen atoms in total. The molecule has 0 amide bonds. The van der Waals surface area contributed by atoms with Crippen LogP contribution < -0.4 is 4.72 Å². The molecule has 7 heteroatoms. The number of nitrogens with zero attached hydrogens (tertiary/aromatic N) is 1. The highest BCUT2D eigenvalue weighted by atomic mass is 79.9. The minimum Gasteiger partial charge on any atom is -0.276 e. The van der Waals surface area contributed by atoms with Crippen molar-refractivity contribution in [3.8, 4) is 0 Å². The molecule has 1 aromatic carbocycles. The first-order valence-corrected chi connectivity index (χ1v) is 7.54. The molecule has 0 fully saturated rings. The number of hydrogen-bond donors (Lipinski definition) is 1. The topological polar surface area (TPSA) is 59.1 Å². The molecule has 0 saturated heterocycles. The predicted molar refractivity (Wildman–Crippen MR) is 74.2 cm³/mol. The van der Waals surface area contributed by atoms with E-state index in [4.69, 9.17) is 11.6 Å². The van der Waals surface area contributed by atoms with Gasteiger partial charge in [0, 0.05) is 10.7 Å². The number of halogens is 2. The van der Waals surface area contributed by atoms with E-state index in [-0.39, 0.29) is 15.7 Å². The molecule has 1 aromatic heterocycles. The fourth-order valence-corrected chi connectivity index (χ4v) is 3.62. The van der Waals surface area contributed by atoms with Gasteiger partial charge in [-0.1, -0.05) is 23.7 Å². The summed E-state index contributed by atoms with van der Waals surface area (Å²) in [6.45, 7) is 0. The summed E-state index contributed by atoms with van der Waals surface area (Å²) in [6.07, 6.45) is 1.48. The van der Waals surface area contributed by atoms with Crippen LogP contribution in [0.4, 0.5) is 5.69 Å². The summed E-state index contributed by atoms with van der Waals surface area (Å²) in [5.74, 6) is 0. The fraction of sp³-hybridized carbons (Fsp3) is 0. The van der Waals surface area contributed by atoms with Gasteiger partial charge in [0.05, 0.1) is 5.69 Å². The van der Waals surface area contributed by atoms with Crippen LogP contribution in [0, 0.1) is 0 Å². The zero-order valence-corrected chi connectivity index (χ0v) is 12.1. The highest BCUT2D eigenvalue weighted by Crippen LogP contribution is 2.26. The number of nitrogens with one attached hydrogen (secondary N) is 1. The van der Waals surface area contributed by atoms with Gasteiger partial charge < -0.3 is 0 Å². The van der Waals surface area contributed by atoms with Crippen LogP contribution in [0.25, 0.3) is 0 Å². The Labute approximate surface area is 118 Å². The van der Waals surface area contributed by atoms with E-state index in [0.29, 0.717) is 4.47 Å². The van der Waals surface area contributed by atoms with Crippen LogP contribution in [0.15, 0.2) is 52.0 Å². The molecule has 0 saturated carbocycles. The largest absolute Gasteiger partial charge is 0.276 e. The van der Waals surface area contributed by atoms with E-state index in [1.54, 1.807) is 30.3 Å². The lowest BCUT2D eigenvalue weighted by molar-refractivity contribution is 0.600. The van der Waals surface area contributed by atoms with Gasteiger partial charge in [-0.25, -0.2) is 13.4 Å². The Hall–Kier alpha value is -1.11. The van der Waals surface area contributed by atoms with E-state index < -0.39 is 10.0 Å². The van der Waals surface area contributed by atoms with Gasteiger partial charge in [-0.3, -0.25) is 4.72 Å². The lowest BCUT2D eigenvalue weighted by atomic mass is 10.4. The van der Waals surface area contributed by atoms with Gasteiger partial charge in [0.1, 0.15) is 4.90 Å². The first-order chi connectivity index (χ1) is 8.50. The van der Waals surface area contributed by atoms with Gasteiger partial charge in [0.2, 0.25) is 0 Å². The SMILES string of the molecule is O=S(=O)(Nc1cccnc1Cl)c1ccccc1Br. The van der Waals surface area contributed by atoms with Crippen molar-refractivity contribution >= 4 is 43.2 Å². The Morgan fingerprint density at radius 1 is 1.17 bits per heavy atom. The normalized spacial score (nSPS) is 11.2. The molecular formula is C11H8BrClN2O2S. The maximum atomic E-state index is 12.1. The third kappa shape index (κ3) is 2.82. The van der Waals surface area contributed by atoms with E-state index in [9.17, 15) is 8.42 Å². The molecule has 2 aromatic rings. The van der Waals surface area contributed by atoms with E-state index in [1.807, 2.05) is 0 Å². The summed E-state index contributed by atoms with van der Waals surface area (Å²) in [5, 5.41) is 0.105. The van der Waals surface area contributed by atoms with Crippen molar-refractivity contribution in [3.63, 3.8) is 0 Å². The van der Waals surface area contributed by atoms with E-state index in [2.05, 4.69) is 25.6 Å². The third-order valence-corrected chi connectivity index (χ3v) is 4.81. The van der Waals surface area contributed by atoms with E-state index >= 15 is 0 Å². The average Bonchev–Trinajstić information content (AvgIpc) is 2.32. The summed E-state index contributed by atoms with van der Waals surface area (Å²) in [6, 6.07) is 9.67.